The molecule has 1 saturated heterocycles. The lowest BCUT2D eigenvalue weighted by molar-refractivity contribution is 0.0331. The Bertz CT molecular complexity index is 1320. The molecule has 0 radical (unpaired) electrons. The van der Waals surface area contributed by atoms with Gasteiger partial charge in [-0.05, 0) is 54.0 Å². The third-order valence-corrected chi connectivity index (χ3v) is 8.46. The van der Waals surface area contributed by atoms with E-state index in [0.29, 0.717) is 0 Å². The Labute approximate surface area is 205 Å². The predicted octanol–water partition coefficient (Wildman–Crippen LogP) is 5.97. The molecule has 6 rings (SSSR count). The van der Waals surface area contributed by atoms with Crippen molar-refractivity contribution >= 4 is 38.1 Å². The largest absolute Gasteiger partial charge is 0.379 e. The van der Waals surface area contributed by atoms with E-state index in [1.807, 2.05) is 11.3 Å². The average molecular weight is 473 g/mol. The zero-order valence-electron chi connectivity index (χ0n) is 20.0. The summed E-state index contributed by atoms with van der Waals surface area (Å²) < 4.78 is 5.54. The molecule has 2 aromatic heterocycles. The summed E-state index contributed by atoms with van der Waals surface area (Å²) in [5.74, 6) is 2.65. The fourth-order valence-electron chi connectivity index (χ4n) is 5.43. The highest BCUT2D eigenvalue weighted by atomic mass is 32.1. The number of rotatable bonds is 5. The van der Waals surface area contributed by atoms with E-state index < -0.39 is 0 Å². The summed E-state index contributed by atoms with van der Waals surface area (Å²) >= 11 is 1.88. The van der Waals surface area contributed by atoms with Gasteiger partial charge in [0.25, 0.3) is 0 Å². The maximum absolute atomic E-state index is 5.54. The average Bonchev–Trinajstić information content (AvgIpc) is 3.21. The SMILES string of the molecule is C[C@H]1CCc2c(sc3nc(CN4CCOCC4)nc(N[C@@H](C)c4cccc5ccccc45)c23)C1. The number of aryl methyl sites for hydroxylation is 1. The molecule has 0 spiro atoms. The minimum absolute atomic E-state index is 0.138. The van der Waals surface area contributed by atoms with Crippen molar-refractivity contribution in [2.75, 3.05) is 31.6 Å². The number of benzene rings is 2. The molecule has 1 fully saturated rings. The number of anilines is 1. The highest BCUT2D eigenvalue weighted by molar-refractivity contribution is 7.19. The first kappa shape index (κ1) is 22.0. The van der Waals surface area contributed by atoms with Crippen molar-refractivity contribution in [1.82, 2.24) is 14.9 Å². The van der Waals surface area contributed by atoms with Gasteiger partial charge in [-0.2, -0.15) is 0 Å². The minimum atomic E-state index is 0.138. The lowest BCUT2D eigenvalue weighted by Crippen LogP contribution is -2.36. The van der Waals surface area contributed by atoms with Gasteiger partial charge >= 0.3 is 0 Å². The molecule has 34 heavy (non-hydrogen) atoms. The van der Waals surface area contributed by atoms with Crippen molar-refractivity contribution < 1.29 is 4.74 Å². The molecule has 2 atom stereocenters. The van der Waals surface area contributed by atoms with Crippen LogP contribution in [0.1, 0.15) is 48.1 Å². The Morgan fingerprint density at radius 1 is 1.12 bits per heavy atom. The van der Waals surface area contributed by atoms with Crippen molar-refractivity contribution in [3.8, 4) is 0 Å². The third kappa shape index (κ3) is 4.19. The van der Waals surface area contributed by atoms with Gasteiger partial charge in [0.1, 0.15) is 16.5 Å². The van der Waals surface area contributed by atoms with Gasteiger partial charge in [-0.15, -0.1) is 11.3 Å². The molecule has 1 N–H and O–H groups in total. The molecule has 6 heteroatoms. The van der Waals surface area contributed by atoms with Crippen LogP contribution in [0.5, 0.6) is 0 Å². The van der Waals surface area contributed by atoms with Gasteiger partial charge in [0.2, 0.25) is 0 Å². The molecule has 0 saturated carbocycles. The summed E-state index contributed by atoms with van der Waals surface area (Å²) in [7, 11) is 0. The van der Waals surface area contributed by atoms with Crippen LogP contribution < -0.4 is 5.32 Å². The van der Waals surface area contributed by atoms with Crippen molar-refractivity contribution in [3.05, 3.63) is 64.3 Å². The van der Waals surface area contributed by atoms with Crippen LogP contribution >= 0.6 is 11.3 Å². The van der Waals surface area contributed by atoms with Crippen LogP contribution in [0.2, 0.25) is 0 Å². The van der Waals surface area contributed by atoms with Gasteiger partial charge in [0.15, 0.2) is 0 Å². The van der Waals surface area contributed by atoms with Crippen molar-refractivity contribution in [1.29, 1.82) is 0 Å². The first-order valence-electron chi connectivity index (χ1n) is 12.5. The molecule has 0 unspecified atom stereocenters. The summed E-state index contributed by atoms with van der Waals surface area (Å²) in [6.45, 7) is 8.84. The highest BCUT2D eigenvalue weighted by Crippen LogP contribution is 2.41. The third-order valence-electron chi connectivity index (χ3n) is 7.31. The Balaban J connectivity index is 1.41. The van der Waals surface area contributed by atoms with E-state index in [1.165, 1.54) is 38.6 Å². The topological polar surface area (TPSA) is 50.3 Å². The molecule has 3 heterocycles. The first-order valence-corrected chi connectivity index (χ1v) is 13.3. The quantitative estimate of drug-likeness (QED) is 0.388. The zero-order chi connectivity index (χ0) is 23.1. The Morgan fingerprint density at radius 2 is 1.94 bits per heavy atom. The second-order valence-electron chi connectivity index (χ2n) is 9.84. The molecule has 2 aromatic carbocycles. The van der Waals surface area contributed by atoms with E-state index in [4.69, 9.17) is 14.7 Å². The summed E-state index contributed by atoms with van der Waals surface area (Å²) in [4.78, 5) is 15.3. The van der Waals surface area contributed by atoms with Gasteiger partial charge in [-0.1, -0.05) is 49.4 Å². The molecular weight excluding hydrogens is 440 g/mol. The van der Waals surface area contributed by atoms with Gasteiger partial charge in [-0.3, -0.25) is 4.90 Å². The molecule has 1 aliphatic carbocycles. The Morgan fingerprint density at radius 3 is 2.82 bits per heavy atom. The summed E-state index contributed by atoms with van der Waals surface area (Å²) in [5, 5.41) is 7.66. The Hall–Kier alpha value is -2.54. The molecular formula is C28H32N4OS. The van der Waals surface area contributed by atoms with Crippen molar-refractivity contribution in [2.45, 2.75) is 45.7 Å². The number of hydrogen-bond donors (Lipinski definition) is 1. The van der Waals surface area contributed by atoms with E-state index in [0.717, 1.165) is 68.1 Å². The lowest BCUT2D eigenvalue weighted by Gasteiger charge is -2.26. The fourth-order valence-corrected chi connectivity index (χ4v) is 6.83. The van der Waals surface area contributed by atoms with Gasteiger partial charge in [-0.25, -0.2) is 9.97 Å². The van der Waals surface area contributed by atoms with Gasteiger partial charge in [0, 0.05) is 18.0 Å². The van der Waals surface area contributed by atoms with Crippen LogP contribution in [0, 0.1) is 5.92 Å². The van der Waals surface area contributed by atoms with E-state index in [-0.39, 0.29) is 6.04 Å². The molecule has 4 aromatic rings. The van der Waals surface area contributed by atoms with Crippen LogP contribution in [-0.4, -0.2) is 41.2 Å². The van der Waals surface area contributed by atoms with E-state index in [9.17, 15) is 0 Å². The van der Waals surface area contributed by atoms with Crippen LogP contribution in [0.3, 0.4) is 0 Å². The smallest absolute Gasteiger partial charge is 0.146 e. The second kappa shape index (κ2) is 9.25. The van der Waals surface area contributed by atoms with E-state index >= 15 is 0 Å². The number of ether oxygens (including phenoxy) is 1. The van der Waals surface area contributed by atoms with Crippen LogP contribution in [0.15, 0.2) is 42.5 Å². The molecule has 0 amide bonds. The van der Waals surface area contributed by atoms with Crippen LogP contribution in [0.25, 0.3) is 21.0 Å². The lowest BCUT2D eigenvalue weighted by atomic mass is 9.89. The number of morpholine rings is 1. The van der Waals surface area contributed by atoms with Crippen LogP contribution in [-0.2, 0) is 24.1 Å². The molecule has 5 nitrogen and oxygen atoms in total. The predicted molar refractivity (Wildman–Crippen MR) is 141 cm³/mol. The second-order valence-corrected chi connectivity index (χ2v) is 10.9. The standard InChI is InChI=1S/C28H32N4OS/c1-18-10-11-23-24(16-18)34-28-26(23)27(30-25(31-28)17-32-12-14-33-15-13-32)29-19(2)21-9-5-7-20-6-3-4-8-22(20)21/h3-9,18-19H,10-17H2,1-2H3,(H,29,30,31)/t18-,19-/m0/s1. The maximum atomic E-state index is 5.54. The van der Waals surface area contributed by atoms with Gasteiger partial charge in [0.05, 0.1) is 31.2 Å². The monoisotopic (exact) mass is 472 g/mol. The minimum Gasteiger partial charge on any atom is -0.379 e. The van der Waals surface area contributed by atoms with Gasteiger partial charge < -0.3 is 10.1 Å². The maximum Gasteiger partial charge on any atom is 0.146 e. The number of thiophene rings is 1. The highest BCUT2D eigenvalue weighted by Gasteiger charge is 2.25. The van der Waals surface area contributed by atoms with Crippen LogP contribution in [0.4, 0.5) is 5.82 Å². The van der Waals surface area contributed by atoms with Crippen molar-refractivity contribution in [2.24, 2.45) is 5.92 Å². The van der Waals surface area contributed by atoms with Crippen molar-refractivity contribution in [3.63, 3.8) is 0 Å². The number of fused-ring (bicyclic) bond motifs is 4. The fraction of sp³-hybridized carbons (Fsp3) is 0.429. The van der Waals surface area contributed by atoms with E-state index in [1.54, 1.807) is 0 Å². The number of nitrogens with zero attached hydrogens (tertiary/aromatic N) is 3. The molecule has 2 aliphatic rings. The summed E-state index contributed by atoms with van der Waals surface area (Å²) in [5.41, 5.74) is 2.78. The van der Waals surface area contributed by atoms with E-state index in [2.05, 4.69) is 66.5 Å². The number of nitrogens with one attached hydrogen (secondary N) is 1. The number of aromatic nitrogens is 2. The Kier molecular flexibility index (Phi) is 5.97. The molecule has 0 bridgehead atoms. The zero-order valence-corrected chi connectivity index (χ0v) is 20.8. The molecule has 1 aliphatic heterocycles. The number of hydrogen-bond acceptors (Lipinski definition) is 6. The normalized spacial score (nSPS) is 19.9. The first-order chi connectivity index (χ1) is 16.7. The summed E-state index contributed by atoms with van der Waals surface area (Å²) in [6.07, 6.45) is 3.53. The summed E-state index contributed by atoms with van der Waals surface area (Å²) in [6, 6.07) is 15.3. The molecule has 176 valence electrons.